The van der Waals surface area contributed by atoms with Gasteiger partial charge in [0.25, 0.3) is 0 Å². The second kappa shape index (κ2) is 12.4. The lowest BCUT2D eigenvalue weighted by molar-refractivity contribution is -0.118. The molecule has 7 heteroatoms. The molecule has 0 aliphatic rings. The van der Waals surface area contributed by atoms with Crippen LogP contribution in [-0.4, -0.2) is 48.6 Å². The van der Waals surface area contributed by atoms with Crippen molar-refractivity contribution < 1.29 is 9.53 Å². The van der Waals surface area contributed by atoms with E-state index in [4.69, 9.17) is 9.72 Å². The Bertz CT molecular complexity index is 1060. The number of carbonyl (C=O) groups is 1. The molecule has 0 aliphatic carbocycles. The standard InChI is InChI=1S/C26H35N3O2S.ClH/c1-7-28(8-2)12-13-29(25(30)17-22-19(5)14-18(4)15-20(22)6)26-27-23-11-10-21(31-9-3)16-24(23)32-26;/h10-11,14-16H,7-9,12-13,17H2,1-6H3;1H. The summed E-state index contributed by atoms with van der Waals surface area (Å²) < 4.78 is 6.68. The average Bonchev–Trinajstić information content (AvgIpc) is 3.17. The Balaban J connectivity index is 0.00000385. The van der Waals surface area contributed by atoms with Gasteiger partial charge in [0.15, 0.2) is 5.13 Å². The van der Waals surface area contributed by atoms with E-state index in [-0.39, 0.29) is 18.3 Å². The van der Waals surface area contributed by atoms with E-state index in [0.717, 1.165) is 46.3 Å². The van der Waals surface area contributed by atoms with E-state index >= 15 is 0 Å². The van der Waals surface area contributed by atoms with Crippen molar-refractivity contribution in [1.82, 2.24) is 9.88 Å². The summed E-state index contributed by atoms with van der Waals surface area (Å²) in [6, 6.07) is 10.2. The summed E-state index contributed by atoms with van der Waals surface area (Å²) >= 11 is 1.56. The highest BCUT2D eigenvalue weighted by molar-refractivity contribution is 7.22. The van der Waals surface area contributed by atoms with Crippen LogP contribution in [0.3, 0.4) is 0 Å². The van der Waals surface area contributed by atoms with Crippen LogP contribution >= 0.6 is 23.7 Å². The third-order valence-corrected chi connectivity index (χ3v) is 6.94. The quantitative estimate of drug-likeness (QED) is 0.352. The first-order valence-electron chi connectivity index (χ1n) is 11.5. The number of fused-ring (bicyclic) bond motifs is 1. The lowest BCUT2D eigenvalue weighted by Crippen LogP contribution is -2.39. The minimum absolute atomic E-state index is 0. The zero-order chi connectivity index (χ0) is 23.3. The number of benzene rings is 2. The van der Waals surface area contributed by atoms with Crippen molar-refractivity contribution in [3.63, 3.8) is 0 Å². The summed E-state index contributed by atoms with van der Waals surface area (Å²) in [4.78, 5) is 22.6. The third kappa shape index (κ3) is 6.69. The monoisotopic (exact) mass is 489 g/mol. The highest BCUT2D eigenvalue weighted by Gasteiger charge is 2.22. The van der Waals surface area contributed by atoms with Gasteiger partial charge in [0.2, 0.25) is 5.91 Å². The van der Waals surface area contributed by atoms with Gasteiger partial charge >= 0.3 is 0 Å². The van der Waals surface area contributed by atoms with Crippen molar-refractivity contribution >= 4 is 45.0 Å². The lowest BCUT2D eigenvalue weighted by Gasteiger charge is -2.25. The molecule has 0 spiro atoms. The van der Waals surface area contributed by atoms with Gasteiger partial charge in [-0.15, -0.1) is 12.4 Å². The molecule has 0 saturated heterocycles. The molecule has 5 nitrogen and oxygen atoms in total. The van der Waals surface area contributed by atoms with Gasteiger partial charge in [0.1, 0.15) is 5.75 Å². The number of aromatic nitrogens is 1. The van der Waals surface area contributed by atoms with E-state index in [1.165, 1.54) is 16.7 Å². The largest absolute Gasteiger partial charge is 0.494 e. The fourth-order valence-corrected chi connectivity index (χ4v) is 5.15. The van der Waals surface area contributed by atoms with Crippen LogP contribution < -0.4 is 9.64 Å². The van der Waals surface area contributed by atoms with E-state index in [1.54, 1.807) is 11.3 Å². The molecule has 0 fully saturated rings. The van der Waals surface area contributed by atoms with Crippen molar-refractivity contribution in [3.05, 3.63) is 52.6 Å². The number of anilines is 1. The summed E-state index contributed by atoms with van der Waals surface area (Å²) in [5.41, 5.74) is 5.59. The molecule has 180 valence electrons. The van der Waals surface area contributed by atoms with Crippen LogP contribution in [0.15, 0.2) is 30.3 Å². The van der Waals surface area contributed by atoms with Gasteiger partial charge in [-0.25, -0.2) is 4.98 Å². The molecule has 0 unspecified atom stereocenters. The Kier molecular flexibility index (Phi) is 10.1. The van der Waals surface area contributed by atoms with Crippen molar-refractivity contribution in [2.24, 2.45) is 0 Å². The van der Waals surface area contributed by atoms with Crippen LogP contribution in [0.1, 0.15) is 43.0 Å². The number of thiazole rings is 1. The second-order valence-corrected chi connectivity index (χ2v) is 9.19. The molecule has 3 aromatic rings. The maximum atomic E-state index is 13.6. The van der Waals surface area contributed by atoms with Crippen LogP contribution in [0, 0.1) is 20.8 Å². The van der Waals surface area contributed by atoms with Crippen molar-refractivity contribution in [3.8, 4) is 5.75 Å². The molecular weight excluding hydrogens is 454 g/mol. The molecule has 3 rings (SSSR count). The first-order chi connectivity index (χ1) is 15.4. The number of likely N-dealkylation sites (N-methyl/N-ethyl adjacent to an activating group) is 1. The molecule has 1 heterocycles. The van der Waals surface area contributed by atoms with Gasteiger partial charge in [-0.1, -0.05) is 42.9 Å². The van der Waals surface area contributed by atoms with E-state index in [2.05, 4.69) is 51.7 Å². The van der Waals surface area contributed by atoms with Gasteiger partial charge in [-0.3, -0.25) is 9.69 Å². The van der Waals surface area contributed by atoms with Crippen LogP contribution in [0.2, 0.25) is 0 Å². The van der Waals surface area contributed by atoms with Crippen molar-refractivity contribution in [2.75, 3.05) is 37.7 Å². The lowest BCUT2D eigenvalue weighted by atomic mass is 9.97. The average molecular weight is 490 g/mol. The fraction of sp³-hybridized carbons (Fsp3) is 0.462. The summed E-state index contributed by atoms with van der Waals surface area (Å²) in [5.74, 6) is 0.929. The number of rotatable bonds is 10. The number of ether oxygens (including phenoxy) is 1. The number of amides is 1. The van der Waals surface area contributed by atoms with Crippen LogP contribution in [-0.2, 0) is 11.2 Å². The number of nitrogens with zero attached hydrogens (tertiary/aromatic N) is 3. The zero-order valence-corrected chi connectivity index (χ0v) is 22.2. The van der Waals surface area contributed by atoms with Gasteiger partial charge in [0, 0.05) is 13.1 Å². The summed E-state index contributed by atoms with van der Waals surface area (Å²) in [6.45, 7) is 16.6. The molecule has 2 aromatic carbocycles. The second-order valence-electron chi connectivity index (χ2n) is 8.19. The highest BCUT2D eigenvalue weighted by atomic mass is 35.5. The maximum Gasteiger partial charge on any atom is 0.233 e. The Hall–Kier alpha value is -2.15. The number of halogens is 1. The molecule has 1 amide bonds. The minimum atomic E-state index is 0. The minimum Gasteiger partial charge on any atom is -0.494 e. The van der Waals surface area contributed by atoms with Gasteiger partial charge in [0.05, 0.1) is 23.2 Å². The van der Waals surface area contributed by atoms with Crippen LogP contribution in [0.4, 0.5) is 5.13 Å². The Morgan fingerprint density at radius 2 is 1.67 bits per heavy atom. The summed E-state index contributed by atoms with van der Waals surface area (Å²) in [6.07, 6.45) is 0.385. The smallest absolute Gasteiger partial charge is 0.233 e. The number of hydrogen-bond acceptors (Lipinski definition) is 5. The topological polar surface area (TPSA) is 45.7 Å². The van der Waals surface area contributed by atoms with E-state index < -0.39 is 0 Å². The Labute approximate surface area is 208 Å². The highest BCUT2D eigenvalue weighted by Crippen LogP contribution is 2.32. The predicted molar refractivity (Wildman–Crippen MR) is 143 cm³/mol. The molecule has 0 radical (unpaired) electrons. The van der Waals surface area contributed by atoms with Gasteiger partial charge in [-0.2, -0.15) is 0 Å². The summed E-state index contributed by atoms with van der Waals surface area (Å²) in [7, 11) is 0. The number of hydrogen-bond donors (Lipinski definition) is 0. The number of carbonyl (C=O) groups excluding carboxylic acids is 1. The Morgan fingerprint density at radius 3 is 2.27 bits per heavy atom. The van der Waals surface area contributed by atoms with E-state index in [0.29, 0.717) is 19.6 Å². The van der Waals surface area contributed by atoms with Crippen molar-refractivity contribution in [1.29, 1.82) is 0 Å². The van der Waals surface area contributed by atoms with E-state index in [9.17, 15) is 4.79 Å². The number of aryl methyl sites for hydroxylation is 3. The molecule has 0 bridgehead atoms. The van der Waals surface area contributed by atoms with E-state index in [1.807, 2.05) is 30.0 Å². The first-order valence-corrected chi connectivity index (χ1v) is 12.3. The van der Waals surface area contributed by atoms with Crippen LogP contribution in [0.25, 0.3) is 10.2 Å². The third-order valence-electron chi connectivity index (χ3n) is 5.89. The molecule has 0 atom stereocenters. The molecule has 0 N–H and O–H groups in total. The zero-order valence-electron chi connectivity index (χ0n) is 20.6. The van der Waals surface area contributed by atoms with Gasteiger partial charge in [-0.05, 0) is 75.7 Å². The fourth-order valence-electron chi connectivity index (χ4n) is 4.11. The molecule has 0 aliphatic heterocycles. The van der Waals surface area contributed by atoms with Gasteiger partial charge < -0.3 is 9.64 Å². The molecule has 1 aromatic heterocycles. The Morgan fingerprint density at radius 1 is 1.00 bits per heavy atom. The SMILES string of the molecule is CCOc1ccc2nc(N(CCN(CC)CC)C(=O)Cc3c(C)cc(C)cc3C)sc2c1.Cl. The molecule has 33 heavy (non-hydrogen) atoms. The summed E-state index contributed by atoms with van der Waals surface area (Å²) in [5, 5.41) is 0.758. The first kappa shape index (κ1) is 27.1. The molecule has 0 saturated carbocycles. The van der Waals surface area contributed by atoms with Crippen molar-refractivity contribution in [2.45, 2.75) is 48.0 Å². The predicted octanol–water partition coefficient (Wildman–Crippen LogP) is 5.96. The maximum absolute atomic E-state index is 13.6. The molecular formula is C26H36ClN3O2S. The normalized spacial score (nSPS) is 11.0. The van der Waals surface area contributed by atoms with Crippen LogP contribution in [0.5, 0.6) is 5.75 Å².